The highest BCUT2D eigenvalue weighted by atomic mass is 32.2. The zero-order valence-electron chi connectivity index (χ0n) is 13.1. The summed E-state index contributed by atoms with van der Waals surface area (Å²) in [5.41, 5.74) is 0. The molecule has 0 aliphatic carbocycles. The number of hydrogen-bond donors (Lipinski definition) is 1. The Bertz CT molecular complexity index is 340. The van der Waals surface area contributed by atoms with E-state index < -0.39 is 0 Å². The molecule has 0 unspecified atom stereocenters. The number of thioether (sulfide) groups is 1. The van der Waals surface area contributed by atoms with Crippen LogP contribution in [0.15, 0.2) is 5.16 Å². The van der Waals surface area contributed by atoms with Gasteiger partial charge < -0.3 is 5.32 Å². The molecule has 0 atom stereocenters. The molecule has 0 bridgehead atoms. The Kier molecular flexibility index (Phi) is 9.66. The molecule has 0 fully saturated rings. The Balaban J connectivity index is 2.12. The van der Waals surface area contributed by atoms with Crippen LogP contribution in [0.1, 0.15) is 59.3 Å². The average molecular weight is 299 g/mol. The summed E-state index contributed by atoms with van der Waals surface area (Å²) in [7, 11) is 0. The molecule has 0 spiro atoms. The number of unbranched alkanes of at least 4 members (excludes halogenated alkanes) is 5. The third kappa shape index (κ3) is 7.85. The quantitative estimate of drug-likeness (QED) is 0.475. The summed E-state index contributed by atoms with van der Waals surface area (Å²) in [6.45, 7) is 8.29. The smallest absolute Gasteiger partial charge is 0.209 e. The number of nitrogens with one attached hydrogen (secondary N) is 1. The second kappa shape index (κ2) is 11.1. The Labute approximate surface area is 127 Å². The molecule has 0 saturated carbocycles. The van der Waals surface area contributed by atoms with Crippen molar-refractivity contribution in [1.82, 2.24) is 25.5 Å². The summed E-state index contributed by atoms with van der Waals surface area (Å²) >= 11 is 1.78. The minimum absolute atomic E-state index is 0.505. The Morgan fingerprint density at radius 2 is 1.90 bits per heavy atom. The number of tetrazole rings is 1. The van der Waals surface area contributed by atoms with Gasteiger partial charge in [0.1, 0.15) is 0 Å². The van der Waals surface area contributed by atoms with Gasteiger partial charge in [-0.3, -0.25) is 0 Å². The molecule has 0 aliphatic rings. The lowest BCUT2D eigenvalue weighted by molar-refractivity contribution is 0.485. The zero-order chi connectivity index (χ0) is 14.6. The highest BCUT2D eigenvalue weighted by molar-refractivity contribution is 7.99. The summed E-state index contributed by atoms with van der Waals surface area (Å²) in [4.78, 5) is 0. The second-order valence-corrected chi connectivity index (χ2v) is 6.47. The van der Waals surface area contributed by atoms with Crippen molar-refractivity contribution in [1.29, 1.82) is 0 Å². The van der Waals surface area contributed by atoms with Gasteiger partial charge >= 0.3 is 0 Å². The van der Waals surface area contributed by atoms with Crippen LogP contribution in [0.5, 0.6) is 0 Å². The fourth-order valence-corrected chi connectivity index (χ4v) is 2.85. The van der Waals surface area contributed by atoms with Crippen molar-refractivity contribution in [3.8, 4) is 0 Å². The molecule has 5 nitrogen and oxygen atoms in total. The lowest BCUT2D eigenvalue weighted by atomic mass is 10.1. The van der Waals surface area contributed by atoms with Gasteiger partial charge in [-0.1, -0.05) is 64.6 Å². The molecule has 1 aromatic heterocycles. The van der Waals surface area contributed by atoms with Crippen molar-refractivity contribution >= 4 is 11.8 Å². The Hall–Kier alpha value is -0.620. The minimum Gasteiger partial charge on any atom is -0.313 e. The van der Waals surface area contributed by atoms with Crippen LogP contribution in [-0.4, -0.2) is 38.5 Å². The monoisotopic (exact) mass is 299 g/mol. The lowest BCUT2D eigenvalue weighted by Gasteiger charge is -2.08. The van der Waals surface area contributed by atoms with E-state index >= 15 is 0 Å². The molecule has 1 aromatic rings. The molecule has 0 radical (unpaired) electrons. The Morgan fingerprint density at radius 3 is 2.65 bits per heavy atom. The maximum absolute atomic E-state index is 4.10. The molecule has 1 N–H and O–H groups in total. The average Bonchev–Trinajstić information content (AvgIpc) is 2.85. The van der Waals surface area contributed by atoms with Gasteiger partial charge in [-0.2, -0.15) is 0 Å². The van der Waals surface area contributed by atoms with Crippen molar-refractivity contribution in [3.63, 3.8) is 0 Å². The number of hydrogen-bond acceptors (Lipinski definition) is 5. The summed E-state index contributed by atoms with van der Waals surface area (Å²) in [6.07, 6.45) is 7.99. The van der Waals surface area contributed by atoms with Crippen molar-refractivity contribution < 1.29 is 0 Å². The van der Waals surface area contributed by atoms with Crippen LogP contribution >= 0.6 is 11.8 Å². The molecule has 0 saturated heterocycles. The highest BCUT2D eigenvalue weighted by Crippen LogP contribution is 2.16. The molecule has 116 valence electrons. The molecule has 0 aliphatic heterocycles. The zero-order valence-corrected chi connectivity index (χ0v) is 14.0. The maximum atomic E-state index is 4.10. The summed E-state index contributed by atoms with van der Waals surface area (Å²) < 4.78 is 1.90. The van der Waals surface area contributed by atoms with Crippen LogP contribution in [-0.2, 0) is 6.54 Å². The van der Waals surface area contributed by atoms with Gasteiger partial charge in [0.15, 0.2) is 0 Å². The van der Waals surface area contributed by atoms with Crippen molar-refractivity contribution in [3.05, 3.63) is 0 Å². The first kappa shape index (κ1) is 17.4. The van der Waals surface area contributed by atoms with E-state index in [9.17, 15) is 0 Å². The molecular formula is C14H29N5S. The third-order valence-electron chi connectivity index (χ3n) is 3.10. The fraction of sp³-hybridized carbons (Fsp3) is 0.929. The van der Waals surface area contributed by atoms with Crippen LogP contribution in [0.2, 0.25) is 0 Å². The summed E-state index contributed by atoms with van der Waals surface area (Å²) in [5.74, 6) is 1.12. The summed E-state index contributed by atoms with van der Waals surface area (Å²) in [5, 5.41) is 16.2. The highest BCUT2D eigenvalue weighted by Gasteiger charge is 2.06. The van der Waals surface area contributed by atoms with E-state index in [0.717, 1.165) is 24.0 Å². The van der Waals surface area contributed by atoms with Gasteiger partial charge in [-0.25, -0.2) is 4.68 Å². The van der Waals surface area contributed by atoms with E-state index in [4.69, 9.17) is 0 Å². The first-order chi connectivity index (χ1) is 9.74. The molecule has 20 heavy (non-hydrogen) atoms. The van der Waals surface area contributed by atoms with Gasteiger partial charge in [0.25, 0.3) is 0 Å². The number of aromatic nitrogens is 4. The Morgan fingerprint density at radius 1 is 1.15 bits per heavy atom. The third-order valence-corrected chi connectivity index (χ3v) is 4.15. The van der Waals surface area contributed by atoms with Gasteiger partial charge in [0.05, 0.1) is 6.54 Å². The van der Waals surface area contributed by atoms with Crippen LogP contribution in [0, 0.1) is 0 Å². The van der Waals surface area contributed by atoms with Crippen LogP contribution in [0.25, 0.3) is 0 Å². The molecule has 6 heteroatoms. The fourth-order valence-electron chi connectivity index (χ4n) is 1.95. The van der Waals surface area contributed by atoms with E-state index in [2.05, 4.69) is 41.6 Å². The number of nitrogens with zero attached hydrogens (tertiary/aromatic N) is 4. The number of rotatable bonds is 12. The minimum atomic E-state index is 0.505. The van der Waals surface area contributed by atoms with E-state index in [-0.39, 0.29) is 0 Å². The van der Waals surface area contributed by atoms with E-state index in [0.29, 0.717) is 6.04 Å². The van der Waals surface area contributed by atoms with E-state index in [1.807, 2.05) is 4.68 Å². The van der Waals surface area contributed by atoms with Crippen molar-refractivity contribution in [2.24, 2.45) is 0 Å². The van der Waals surface area contributed by atoms with Gasteiger partial charge in [-0.05, 0) is 16.8 Å². The first-order valence-electron chi connectivity index (χ1n) is 7.86. The van der Waals surface area contributed by atoms with E-state index in [1.54, 1.807) is 11.8 Å². The summed E-state index contributed by atoms with van der Waals surface area (Å²) in [6, 6.07) is 0.505. The molecule has 0 aromatic carbocycles. The van der Waals surface area contributed by atoms with Crippen LogP contribution in [0.3, 0.4) is 0 Å². The predicted octanol–water partition coefficient (Wildman–Crippen LogP) is 3.12. The van der Waals surface area contributed by atoms with Gasteiger partial charge in [-0.15, -0.1) is 5.10 Å². The van der Waals surface area contributed by atoms with Crippen LogP contribution < -0.4 is 5.32 Å². The van der Waals surface area contributed by atoms with Gasteiger partial charge in [0.2, 0.25) is 5.16 Å². The topological polar surface area (TPSA) is 55.6 Å². The second-order valence-electron chi connectivity index (χ2n) is 5.41. The van der Waals surface area contributed by atoms with Crippen LogP contribution in [0.4, 0.5) is 0 Å². The SMILES string of the molecule is CCCCCCCCSc1nnnn1CCNC(C)C. The van der Waals surface area contributed by atoms with Gasteiger partial charge in [0, 0.05) is 18.3 Å². The molecule has 1 heterocycles. The molecule has 1 rings (SSSR count). The van der Waals surface area contributed by atoms with E-state index in [1.165, 1.54) is 38.5 Å². The lowest BCUT2D eigenvalue weighted by Crippen LogP contribution is -2.27. The first-order valence-corrected chi connectivity index (χ1v) is 8.85. The maximum Gasteiger partial charge on any atom is 0.209 e. The largest absolute Gasteiger partial charge is 0.313 e. The predicted molar refractivity (Wildman–Crippen MR) is 85.1 cm³/mol. The standard InChI is InChI=1S/C14H29N5S/c1-4-5-6-7-8-9-12-20-14-16-17-18-19(14)11-10-15-13(2)3/h13,15H,4-12H2,1-3H3. The normalized spacial score (nSPS) is 11.4. The van der Waals surface area contributed by atoms with Crippen molar-refractivity contribution in [2.45, 2.75) is 77.0 Å². The van der Waals surface area contributed by atoms with Crippen molar-refractivity contribution in [2.75, 3.05) is 12.3 Å². The molecular weight excluding hydrogens is 270 g/mol. The molecule has 0 amide bonds.